The summed E-state index contributed by atoms with van der Waals surface area (Å²) in [5.41, 5.74) is 4.01. The van der Waals surface area contributed by atoms with Crippen molar-refractivity contribution in [2.45, 2.75) is 44.7 Å². The molecule has 0 spiro atoms. The highest BCUT2D eigenvalue weighted by Gasteiger charge is 2.24. The smallest absolute Gasteiger partial charge is 0.133 e. The second kappa shape index (κ2) is 6.67. The third-order valence-corrected chi connectivity index (χ3v) is 4.99. The summed E-state index contributed by atoms with van der Waals surface area (Å²) in [6.45, 7) is 3.29. The maximum Gasteiger partial charge on any atom is 0.133 e. The molecule has 1 fully saturated rings. The van der Waals surface area contributed by atoms with E-state index in [9.17, 15) is 0 Å². The van der Waals surface area contributed by atoms with Crippen molar-refractivity contribution in [1.82, 2.24) is 14.9 Å². The van der Waals surface area contributed by atoms with Crippen LogP contribution in [0.15, 0.2) is 36.7 Å². The molecule has 2 aromatic rings. The number of likely N-dealkylation sites (tertiary alicyclic amines) is 1. The first-order valence-corrected chi connectivity index (χ1v) is 8.74. The van der Waals surface area contributed by atoms with Crippen molar-refractivity contribution in [3.8, 4) is 0 Å². The van der Waals surface area contributed by atoms with Crippen LogP contribution in [0.1, 0.15) is 36.1 Å². The molecule has 120 valence electrons. The average molecular weight is 308 g/mol. The molecule has 0 radical (unpaired) electrons. The largest absolute Gasteiger partial charge is 0.366 e. The van der Waals surface area contributed by atoms with Gasteiger partial charge in [-0.2, -0.15) is 0 Å². The van der Waals surface area contributed by atoms with E-state index in [2.05, 4.69) is 50.5 Å². The van der Waals surface area contributed by atoms with Crippen LogP contribution in [0.25, 0.3) is 0 Å². The molecule has 1 N–H and O–H groups in total. The number of aryl methyl sites for hydroxylation is 1. The number of hydrogen-bond donors (Lipinski definition) is 1. The van der Waals surface area contributed by atoms with Gasteiger partial charge in [0.15, 0.2) is 0 Å². The molecule has 1 aromatic heterocycles. The topological polar surface area (TPSA) is 41.0 Å². The van der Waals surface area contributed by atoms with Crippen molar-refractivity contribution in [1.29, 1.82) is 0 Å². The van der Waals surface area contributed by atoms with Crippen LogP contribution in [0.4, 0.5) is 5.82 Å². The number of aromatic nitrogens is 2. The molecule has 4 rings (SSSR count). The summed E-state index contributed by atoms with van der Waals surface area (Å²) >= 11 is 0. The second-order valence-electron chi connectivity index (χ2n) is 6.71. The fraction of sp³-hybridized carbons (Fsp3) is 0.474. The quantitative estimate of drug-likeness (QED) is 0.942. The highest BCUT2D eigenvalue weighted by molar-refractivity contribution is 5.48. The van der Waals surface area contributed by atoms with E-state index >= 15 is 0 Å². The van der Waals surface area contributed by atoms with Gasteiger partial charge in [0.25, 0.3) is 0 Å². The predicted molar refractivity (Wildman–Crippen MR) is 92.4 cm³/mol. The maximum absolute atomic E-state index is 4.52. The minimum absolute atomic E-state index is 0.500. The first-order valence-electron chi connectivity index (χ1n) is 8.74. The summed E-state index contributed by atoms with van der Waals surface area (Å²) in [6, 6.07) is 11.2. The minimum Gasteiger partial charge on any atom is -0.366 e. The molecule has 0 amide bonds. The van der Waals surface area contributed by atoms with E-state index in [1.165, 1.54) is 36.1 Å². The Morgan fingerprint density at radius 3 is 2.87 bits per heavy atom. The zero-order valence-electron chi connectivity index (χ0n) is 13.5. The third kappa shape index (κ3) is 3.37. The van der Waals surface area contributed by atoms with Crippen LogP contribution in [0.2, 0.25) is 0 Å². The van der Waals surface area contributed by atoms with Gasteiger partial charge in [-0.1, -0.05) is 30.3 Å². The van der Waals surface area contributed by atoms with Gasteiger partial charge in [-0.15, -0.1) is 0 Å². The lowest BCUT2D eigenvalue weighted by Crippen LogP contribution is -2.27. The lowest BCUT2D eigenvalue weighted by atomic mass is 9.96. The number of benzene rings is 1. The Labute approximate surface area is 138 Å². The van der Waals surface area contributed by atoms with Gasteiger partial charge in [0.1, 0.15) is 12.1 Å². The van der Waals surface area contributed by atoms with Crippen molar-refractivity contribution >= 4 is 5.82 Å². The van der Waals surface area contributed by atoms with Crippen molar-refractivity contribution in [3.05, 3.63) is 53.5 Å². The highest BCUT2D eigenvalue weighted by atomic mass is 15.2. The molecule has 1 aromatic carbocycles. The molecule has 2 aliphatic rings. The Morgan fingerprint density at radius 2 is 1.96 bits per heavy atom. The van der Waals surface area contributed by atoms with Gasteiger partial charge in [-0.25, -0.2) is 9.97 Å². The fourth-order valence-electron chi connectivity index (χ4n) is 3.77. The summed E-state index contributed by atoms with van der Waals surface area (Å²) in [4.78, 5) is 11.5. The Bertz CT molecular complexity index is 656. The summed E-state index contributed by atoms with van der Waals surface area (Å²) in [6.07, 6.45) is 7.67. The molecule has 4 heteroatoms. The lowest BCUT2D eigenvalue weighted by molar-refractivity contribution is 0.328. The first kappa shape index (κ1) is 14.6. The Kier molecular flexibility index (Phi) is 4.24. The van der Waals surface area contributed by atoms with E-state index in [0.717, 1.165) is 38.3 Å². The molecule has 2 heterocycles. The number of rotatable bonds is 4. The van der Waals surface area contributed by atoms with Crippen LogP contribution in [0.5, 0.6) is 0 Å². The van der Waals surface area contributed by atoms with Gasteiger partial charge in [0.2, 0.25) is 0 Å². The van der Waals surface area contributed by atoms with Gasteiger partial charge in [-0.05, 0) is 37.7 Å². The highest BCUT2D eigenvalue weighted by Crippen LogP contribution is 2.26. The zero-order chi connectivity index (χ0) is 15.5. The summed E-state index contributed by atoms with van der Waals surface area (Å²) < 4.78 is 0. The molecular formula is C19H24N4. The normalized spacial score (nSPS) is 21.1. The molecule has 4 nitrogen and oxygen atoms in total. The summed E-state index contributed by atoms with van der Waals surface area (Å²) in [5.74, 6) is 1.08. The molecule has 1 aliphatic heterocycles. The fourth-order valence-corrected chi connectivity index (χ4v) is 3.77. The van der Waals surface area contributed by atoms with Gasteiger partial charge in [-0.3, -0.25) is 4.90 Å². The van der Waals surface area contributed by atoms with Crippen LogP contribution in [-0.2, 0) is 19.4 Å². The standard InChI is InChI=1S/C19H24N4/c1-2-6-15(7-3-1)12-23-11-10-16(13-23)22-19-17-8-4-5-9-18(17)20-14-21-19/h1-3,6-7,14,16H,4-5,8-13H2,(H,20,21,22). The molecule has 1 atom stereocenters. The van der Waals surface area contributed by atoms with Crippen LogP contribution in [0, 0.1) is 0 Å². The number of nitrogens with zero attached hydrogens (tertiary/aromatic N) is 3. The maximum atomic E-state index is 4.52. The average Bonchev–Trinajstić information content (AvgIpc) is 3.03. The van der Waals surface area contributed by atoms with Crippen molar-refractivity contribution in [2.75, 3.05) is 18.4 Å². The Balaban J connectivity index is 1.39. The van der Waals surface area contributed by atoms with E-state index < -0.39 is 0 Å². The molecule has 1 unspecified atom stereocenters. The number of nitrogens with one attached hydrogen (secondary N) is 1. The summed E-state index contributed by atoms with van der Waals surface area (Å²) in [7, 11) is 0. The third-order valence-electron chi connectivity index (χ3n) is 4.99. The van der Waals surface area contributed by atoms with Crippen LogP contribution in [0.3, 0.4) is 0 Å². The van der Waals surface area contributed by atoms with E-state index in [1.54, 1.807) is 6.33 Å². The van der Waals surface area contributed by atoms with E-state index in [1.807, 2.05) is 0 Å². The monoisotopic (exact) mass is 308 g/mol. The van der Waals surface area contributed by atoms with Crippen molar-refractivity contribution in [2.24, 2.45) is 0 Å². The first-order chi connectivity index (χ1) is 11.4. The second-order valence-corrected chi connectivity index (χ2v) is 6.71. The molecule has 0 saturated carbocycles. The summed E-state index contributed by atoms with van der Waals surface area (Å²) in [5, 5.41) is 3.69. The minimum atomic E-state index is 0.500. The van der Waals surface area contributed by atoms with Crippen molar-refractivity contribution < 1.29 is 0 Å². The molecule has 23 heavy (non-hydrogen) atoms. The van der Waals surface area contributed by atoms with Crippen LogP contribution >= 0.6 is 0 Å². The Morgan fingerprint density at radius 1 is 1.09 bits per heavy atom. The predicted octanol–water partition coefficient (Wildman–Crippen LogP) is 3.04. The van der Waals surface area contributed by atoms with Gasteiger partial charge in [0, 0.05) is 36.9 Å². The SMILES string of the molecule is c1ccc(CN2CCC(Nc3ncnc4c3CCCC4)C2)cc1. The van der Waals surface area contributed by atoms with Gasteiger partial charge >= 0.3 is 0 Å². The number of anilines is 1. The van der Waals surface area contributed by atoms with Crippen LogP contribution in [-0.4, -0.2) is 34.0 Å². The van der Waals surface area contributed by atoms with E-state index in [4.69, 9.17) is 0 Å². The molecular weight excluding hydrogens is 284 g/mol. The Hall–Kier alpha value is -1.94. The zero-order valence-corrected chi connectivity index (χ0v) is 13.5. The van der Waals surface area contributed by atoms with E-state index in [0.29, 0.717) is 6.04 Å². The van der Waals surface area contributed by atoms with Crippen molar-refractivity contribution in [3.63, 3.8) is 0 Å². The van der Waals surface area contributed by atoms with Gasteiger partial charge in [0.05, 0.1) is 0 Å². The molecule has 1 aliphatic carbocycles. The number of hydrogen-bond acceptors (Lipinski definition) is 4. The van der Waals surface area contributed by atoms with Crippen LogP contribution < -0.4 is 5.32 Å². The van der Waals surface area contributed by atoms with Gasteiger partial charge < -0.3 is 5.32 Å². The lowest BCUT2D eigenvalue weighted by Gasteiger charge is -2.21. The van der Waals surface area contributed by atoms with E-state index in [-0.39, 0.29) is 0 Å². The molecule has 1 saturated heterocycles. The number of fused-ring (bicyclic) bond motifs is 1. The molecule has 0 bridgehead atoms.